The Hall–Kier alpha value is -3.91. The maximum Gasteiger partial charge on any atom is 0.265 e. The summed E-state index contributed by atoms with van der Waals surface area (Å²) in [6, 6.07) is 19.4. The molecule has 0 aliphatic carbocycles. The second-order valence-electron chi connectivity index (χ2n) is 7.66. The van der Waals surface area contributed by atoms with E-state index in [0.717, 1.165) is 0 Å². The van der Waals surface area contributed by atoms with Crippen LogP contribution in [0.2, 0.25) is 5.02 Å². The first-order valence-electron chi connectivity index (χ1n) is 11.0. The van der Waals surface area contributed by atoms with Crippen LogP contribution in [0, 0.1) is 0 Å². The van der Waals surface area contributed by atoms with Crippen LogP contribution in [0.1, 0.15) is 6.42 Å². The molecule has 0 saturated heterocycles. The number of carbonyl (C=O) groups excluding carboxylic acids is 2. The van der Waals surface area contributed by atoms with Crippen LogP contribution in [0.3, 0.4) is 0 Å². The largest absolute Gasteiger partial charge is 0.494 e. The Morgan fingerprint density at radius 3 is 2.60 bits per heavy atom. The number of hydrogen-bond acceptors (Lipinski definition) is 6. The van der Waals surface area contributed by atoms with Gasteiger partial charge in [0.2, 0.25) is 0 Å². The van der Waals surface area contributed by atoms with E-state index in [1.807, 2.05) is 6.07 Å². The fourth-order valence-corrected chi connectivity index (χ4v) is 3.67. The first-order chi connectivity index (χ1) is 17.0. The molecule has 35 heavy (non-hydrogen) atoms. The topological polar surface area (TPSA) is 86.3 Å². The summed E-state index contributed by atoms with van der Waals surface area (Å²) in [5, 5.41) is 3.44. The van der Waals surface area contributed by atoms with Crippen molar-refractivity contribution >= 4 is 34.8 Å². The number of fused-ring (bicyclic) bond motifs is 1. The van der Waals surface area contributed by atoms with Gasteiger partial charge in [0.1, 0.15) is 11.5 Å². The summed E-state index contributed by atoms with van der Waals surface area (Å²) >= 11 is 5.89. The first kappa shape index (κ1) is 24.2. The lowest BCUT2D eigenvalue weighted by molar-refractivity contribution is -0.121. The predicted octanol–water partition coefficient (Wildman–Crippen LogP) is 4.56. The van der Waals surface area contributed by atoms with Crippen molar-refractivity contribution in [2.24, 2.45) is 0 Å². The van der Waals surface area contributed by atoms with Gasteiger partial charge in [0.15, 0.2) is 24.7 Å². The van der Waals surface area contributed by atoms with Gasteiger partial charge in [-0.2, -0.15) is 0 Å². The molecule has 1 N–H and O–H groups in total. The minimum absolute atomic E-state index is 0.0382. The van der Waals surface area contributed by atoms with Gasteiger partial charge in [-0.05, 0) is 61.0 Å². The molecule has 3 aromatic carbocycles. The maximum atomic E-state index is 12.5. The molecule has 0 radical (unpaired) electrons. The van der Waals surface area contributed by atoms with E-state index < -0.39 is 0 Å². The summed E-state index contributed by atoms with van der Waals surface area (Å²) in [5.74, 6) is 1.80. The van der Waals surface area contributed by atoms with Crippen molar-refractivity contribution in [3.05, 3.63) is 71.8 Å². The lowest BCUT2D eigenvalue weighted by atomic mass is 10.2. The summed E-state index contributed by atoms with van der Waals surface area (Å²) in [5.41, 5.74) is 1.12. The number of nitrogens with one attached hydrogen (secondary N) is 1. The van der Waals surface area contributed by atoms with Gasteiger partial charge in [-0.3, -0.25) is 9.59 Å². The highest BCUT2D eigenvalue weighted by Crippen LogP contribution is 2.35. The van der Waals surface area contributed by atoms with E-state index in [4.69, 9.17) is 30.5 Å². The van der Waals surface area contributed by atoms with Crippen molar-refractivity contribution in [2.75, 3.05) is 43.7 Å². The van der Waals surface area contributed by atoms with Crippen LogP contribution in [-0.4, -0.2) is 45.3 Å². The predicted molar refractivity (Wildman–Crippen MR) is 133 cm³/mol. The van der Waals surface area contributed by atoms with Gasteiger partial charge < -0.3 is 29.2 Å². The molecule has 1 aliphatic heterocycles. The second kappa shape index (κ2) is 11.5. The molecular formula is C26H25ClN2O6. The molecular weight excluding hydrogens is 472 g/mol. The molecule has 1 heterocycles. The van der Waals surface area contributed by atoms with Crippen LogP contribution >= 0.6 is 11.6 Å². The van der Waals surface area contributed by atoms with Crippen molar-refractivity contribution in [2.45, 2.75) is 6.42 Å². The molecule has 0 bridgehead atoms. The average Bonchev–Trinajstić information content (AvgIpc) is 2.87. The number of carbonyl (C=O) groups is 2. The Kier molecular flexibility index (Phi) is 7.95. The van der Waals surface area contributed by atoms with Crippen LogP contribution in [-0.2, 0) is 9.59 Å². The molecule has 1 aliphatic rings. The maximum absolute atomic E-state index is 12.5. The third kappa shape index (κ3) is 6.36. The van der Waals surface area contributed by atoms with E-state index in [9.17, 15) is 9.59 Å². The van der Waals surface area contributed by atoms with Crippen molar-refractivity contribution in [3.63, 3.8) is 0 Å². The van der Waals surface area contributed by atoms with Gasteiger partial charge in [-0.25, -0.2) is 0 Å². The average molecular weight is 497 g/mol. The van der Waals surface area contributed by atoms with Crippen LogP contribution in [0.5, 0.6) is 23.0 Å². The van der Waals surface area contributed by atoms with E-state index >= 15 is 0 Å². The molecule has 0 fully saturated rings. The Labute approximate surface area is 208 Å². The van der Waals surface area contributed by atoms with Gasteiger partial charge >= 0.3 is 0 Å². The number of anilines is 2. The zero-order valence-corrected chi connectivity index (χ0v) is 19.9. The van der Waals surface area contributed by atoms with Crippen LogP contribution in [0.15, 0.2) is 66.7 Å². The quantitative estimate of drug-likeness (QED) is 0.414. The Bertz CT molecular complexity index is 1180. The number of para-hydroxylation sites is 2. The number of benzene rings is 3. The van der Waals surface area contributed by atoms with Crippen LogP contribution < -0.4 is 29.2 Å². The molecule has 3 aromatic rings. The van der Waals surface area contributed by atoms with Gasteiger partial charge in [-0.1, -0.05) is 23.7 Å². The highest BCUT2D eigenvalue weighted by molar-refractivity contribution is 6.30. The van der Waals surface area contributed by atoms with E-state index in [1.165, 1.54) is 7.11 Å². The SMILES string of the molecule is COc1ccccc1OCC(=O)Nc1ccc2c(c1)N(CCCOc1ccc(Cl)cc1)C(=O)CO2. The second-order valence-corrected chi connectivity index (χ2v) is 8.10. The molecule has 182 valence electrons. The normalized spacial score (nSPS) is 12.4. The number of halogens is 1. The molecule has 4 rings (SSSR count). The Morgan fingerprint density at radius 1 is 1.06 bits per heavy atom. The number of nitrogens with zero attached hydrogens (tertiary/aromatic N) is 1. The molecule has 0 unspecified atom stereocenters. The van der Waals surface area contributed by atoms with Gasteiger partial charge in [-0.15, -0.1) is 0 Å². The van der Waals surface area contributed by atoms with Crippen molar-refractivity contribution in [1.82, 2.24) is 0 Å². The third-order valence-electron chi connectivity index (χ3n) is 5.22. The van der Waals surface area contributed by atoms with Crippen LogP contribution in [0.4, 0.5) is 11.4 Å². The molecule has 0 atom stereocenters. The number of hydrogen-bond donors (Lipinski definition) is 1. The van der Waals surface area contributed by atoms with Crippen molar-refractivity contribution in [1.29, 1.82) is 0 Å². The van der Waals surface area contributed by atoms with Gasteiger partial charge in [0.05, 0.1) is 19.4 Å². The standard InChI is InChI=1S/C26H25ClN2O6/c1-32-23-5-2-3-6-24(23)34-16-25(30)28-19-9-12-22-21(15-19)29(26(31)17-35-22)13-4-14-33-20-10-7-18(27)8-11-20/h2-3,5-12,15H,4,13-14,16-17H2,1H3,(H,28,30). The number of methoxy groups -OCH3 is 1. The lowest BCUT2D eigenvalue weighted by Gasteiger charge is -2.30. The zero-order valence-electron chi connectivity index (χ0n) is 19.2. The molecule has 0 saturated carbocycles. The monoisotopic (exact) mass is 496 g/mol. The van der Waals surface area contributed by atoms with Gasteiger partial charge in [0.25, 0.3) is 11.8 Å². The molecule has 8 nitrogen and oxygen atoms in total. The van der Waals surface area contributed by atoms with Crippen molar-refractivity contribution < 1.29 is 28.5 Å². The van der Waals surface area contributed by atoms with E-state index in [1.54, 1.807) is 65.6 Å². The summed E-state index contributed by atoms with van der Waals surface area (Å²) in [6.07, 6.45) is 0.608. The smallest absolute Gasteiger partial charge is 0.265 e. The summed E-state index contributed by atoms with van der Waals surface area (Å²) in [7, 11) is 1.54. The number of rotatable bonds is 10. The van der Waals surface area contributed by atoms with E-state index in [0.29, 0.717) is 59.0 Å². The molecule has 0 aromatic heterocycles. The third-order valence-corrected chi connectivity index (χ3v) is 5.47. The minimum atomic E-state index is -0.346. The Morgan fingerprint density at radius 2 is 1.83 bits per heavy atom. The molecule has 0 spiro atoms. The summed E-state index contributed by atoms with van der Waals surface area (Å²) in [4.78, 5) is 26.6. The highest BCUT2D eigenvalue weighted by Gasteiger charge is 2.25. The summed E-state index contributed by atoms with van der Waals surface area (Å²) in [6.45, 7) is 0.636. The summed E-state index contributed by atoms with van der Waals surface area (Å²) < 4.78 is 22.1. The van der Waals surface area contributed by atoms with E-state index in [-0.39, 0.29) is 25.0 Å². The van der Waals surface area contributed by atoms with Crippen LogP contribution in [0.25, 0.3) is 0 Å². The molecule has 2 amide bonds. The number of amides is 2. The molecule has 9 heteroatoms. The Balaban J connectivity index is 1.35. The zero-order chi connectivity index (χ0) is 24.6. The van der Waals surface area contributed by atoms with Gasteiger partial charge in [0, 0.05) is 17.3 Å². The van der Waals surface area contributed by atoms with Crippen molar-refractivity contribution in [3.8, 4) is 23.0 Å². The fraction of sp³-hybridized carbons (Fsp3) is 0.231. The first-order valence-corrected chi connectivity index (χ1v) is 11.4. The highest BCUT2D eigenvalue weighted by atomic mass is 35.5. The minimum Gasteiger partial charge on any atom is -0.494 e. The van der Waals surface area contributed by atoms with E-state index in [2.05, 4.69) is 5.32 Å². The lowest BCUT2D eigenvalue weighted by Crippen LogP contribution is -2.39. The fourth-order valence-electron chi connectivity index (χ4n) is 3.55. The number of ether oxygens (including phenoxy) is 4.